The fourth-order valence-corrected chi connectivity index (χ4v) is 0.800. The Balaban J connectivity index is 2.89. The summed E-state index contributed by atoms with van der Waals surface area (Å²) in [6.07, 6.45) is 0. The molecule has 0 saturated heterocycles. The maximum absolute atomic E-state index is 5.62. The maximum atomic E-state index is 5.62. The van der Waals surface area contributed by atoms with Gasteiger partial charge in [0.15, 0.2) is 0 Å². The highest BCUT2D eigenvalue weighted by molar-refractivity contribution is 5.39. The van der Waals surface area contributed by atoms with E-state index in [4.69, 9.17) is 11.5 Å². The molecule has 0 aliphatic heterocycles. The van der Waals surface area contributed by atoms with E-state index in [1.165, 1.54) is 0 Å². The van der Waals surface area contributed by atoms with Gasteiger partial charge in [0.25, 0.3) is 0 Å². The van der Waals surface area contributed by atoms with E-state index in [0.717, 1.165) is 11.3 Å². The molecule has 2 nitrogen and oxygen atoms in total. The highest BCUT2D eigenvalue weighted by Crippen LogP contribution is 2.10. The Morgan fingerprint density at radius 2 is 1.70 bits per heavy atom. The predicted octanol–water partition coefficient (Wildman–Crippen LogP) is 1.29. The monoisotopic (exact) mass is 136 g/mol. The third-order valence-electron chi connectivity index (χ3n) is 1.46. The topological polar surface area (TPSA) is 52.0 Å². The zero-order valence-corrected chi connectivity index (χ0v) is 6.04. The summed E-state index contributed by atoms with van der Waals surface area (Å²) in [5.41, 5.74) is 13.0. The van der Waals surface area contributed by atoms with Gasteiger partial charge in [0.2, 0.25) is 0 Å². The van der Waals surface area contributed by atoms with Crippen molar-refractivity contribution in [3.63, 3.8) is 0 Å². The van der Waals surface area contributed by atoms with Gasteiger partial charge in [0.1, 0.15) is 0 Å². The summed E-state index contributed by atoms with van der Waals surface area (Å²) < 4.78 is 0. The van der Waals surface area contributed by atoms with Gasteiger partial charge in [-0.3, -0.25) is 0 Å². The predicted molar refractivity (Wildman–Crippen MR) is 43.5 cm³/mol. The second-order valence-electron chi connectivity index (χ2n) is 2.46. The molecule has 1 atom stereocenters. The van der Waals surface area contributed by atoms with Crippen LogP contribution in [-0.4, -0.2) is 0 Å². The normalized spacial score (nSPS) is 13.0. The van der Waals surface area contributed by atoms with Crippen molar-refractivity contribution in [3.05, 3.63) is 29.8 Å². The largest absolute Gasteiger partial charge is 0.399 e. The van der Waals surface area contributed by atoms with Crippen LogP contribution in [0.1, 0.15) is 18.5 Å². The molecule has 0 amide bonds. The Morgan fingerprint density at radius 3 is 2.10 bits per heavy atom. The Hall–Kier alpha value is -1.02. The molecule has 1 rings (SSSR count). The summed E-state index contributed by atoms with van der Waals surface area (Å²) >= 11 is 0. The zero-order chi connectivity index (χ0) is 7.56. The van der Waals surface area contributed by atoms with Crippen LogP contribution in [0, 0.1) is 0 Å². The van der Waals surface area contributed by atoms with Crippen LogP contribution in [0.4, 0.5) is 5.69 Å². The molecule has 0 heterocycles. The smallest absolute Gasteiger partial charge is 0.0314 e. The molecule has 0 saturated carbocycles. The van der Waals surface area contributed by atoms with Gasteiger partial charge < -0.3 is 11.5 Å². The fraction of sp³-hybridized carbons (Fsp3) is 0.250. The fourth-order valence-electron chi connectivity index (χ4n) is 0.800. The van der Waals surface area contributed by atoms with E-state index >= 15 is 0 Å². The summed E-state index contributed by atoms with van der Waals surface area (Å²) in [7, 11) is 0. The first-order chi connectivity index (χ1) is 4.70. The number of rotatable bonds is 1. The van der Waals surface area contributed by atoms with E-state index < -0.39 is 0 Å². The summed E-state index contributed by atoms with van der Waals surface area (Å²) in [5.74, 6) is 0. The van der Waals surface area contributed by atoms with Crippen LogP contribution in [-0.2, 0) is 0 Å². The number of benzene rings is 1. The average molecular weight is 136 g/mol. The molecule has 2 heteroatoms. The minimum absolute atomic E-state index is 0.0978. The molecular weight excluding hydrogens is 124 g/mol. The van der Waals surface area contributed by atoms with E-state index in [2.05, 4.69) is 0 Å². The molecule has 0 aliphatic carbocycles. The van der Waals surface area contributed by atoms with Crippen molar-refractivity contribution in [2.45, 2.75) is 13.0 Å². The first kappa shape index (κ1) is 7.09. The van der Waals surface area contributed by atoms with Crippen molar-refractivity contribution >= 4 is 5.69 Å². The number of hydrogen-bond donors (Lipinski definition) is 2. The van der Waals surface area contributed by atoms with Crippen molar-refractivity contribution in [1.29, 1.82) is 0 Å². The standard InChI is InChI=1S/C8H12N2/c1-6(9)7-2-4-8(10)5-3-7/h2-6H,9-10H2,1H3/t6-/m0/s1. The molecule has 0 unspecified atom stereocenters. The van der Waals surface area contributed by atoms with Crippen molar-refractivity contribution < 1.29 is 0 Å². The highest BCUT2D eigenvalue weighted by Gasteiger charge is 1.95. The summed E-state index contributed by atoms with van der Waals surface area (Å²) in [6, 6.07) is 7.71. The molecule has 4 N–H and O–H groups in total. The van der Waals surface area contributed by atoms with Crippen LogP contribution < -0.4 is 11.5 Å². The molecule has 1 aromatic rings. The molecule has 0 spiro atoms. The lowest BCUT2D eigenvalue weighted by atomic mass is 10.1. The van der Waals surface area contributed by atoms with Crippen molar-refractivity contribution in [2.24, 2.45) is 5.73 Å². The van der Waals surface area contributed by atoms with Gasteiger partial charge in [0, 0.05) is 11.7 Å². The third-order valence-corrected chi connectivity index (χ3v) is 1.46. The minimum atomic E-state index is 0.0978. The lowest BCUT2D eigenvalue weighted by molar-refractivity contribution is 0.818. The lowest BCUT2D eigenvalue weighted by Crippen LogP contribution is -2.04. The van der Waals surface area contributed by atoms with E-state index in [0.29, 0.717) is 0 Å². The third kappa shape index (κ3) is 1.48. The quantitative estimate of drug-likeness (QED) is 0.571. The van der Waals surface area contributed by atoms with E-state index in [1.54, 1.807) is 0 Å². The van der Waals surface area contributed by atoms with Crippen molar-refractivity contribution in [1.82, 2.24) is 0 Å². The lowest BCUT2D eigenvalue weighted by Gasteiger charge is -2.03. The molecule has 54 valence electrons. The van der Waals surface area contributed by atoms with Gasteiger partial charge in [-0.05, 0) is 24.6 Å². The second-order valence-corrected chi connectivity index (χ2v) is 2.46. The Bertz CT molecular complexity index is 201. The van der Waals surface area contributed by atoms with E-state index in [1.807, 2.05) is 31.2 Å². The Kier molecular flexibility index (Phi) is 1.92. The van der Waals surface area contributed by atoms with Crippen LogP contribution in [0.2, 0.25) is 0 Å². The van der Waals surface area contributed by atoms with Crippen LogP contribution in [0.3, 0.4) is 0 Å². The Labute approximate surface area is 60.8 Å². The van der Waals surface area contributed by atoms with E-state index in [-0.39, 0.29) is 6.04 Å². The van der Waals surface area contributed by atoms with Crippen LogP contribution in [0.25, 0.3) is 0 Å². The van der Waals surface area contributed by atoms with Crippen LogP contribution in [0.15, 0.2) is 24.3 Å². The van der Waals surface area contributed by atoms with Crippen molar-refractivity contribution in [3.8, 4) is 0 Å². The molecular formula is C8H12N2. The van der Waals surface area contributed by atoms with Crippen molar-refractivity contribution in [2.75, 3.05) is 5.73 Å². The maximum Gasteiger partial charge on any atom is 0.0314 e. The minimum Gasteiger partial charge on any atom is -0.399 e. The second kappa shape index (κ2) is 2.71. The average Bonchev–Trinajstić information content (AvgIpc) is 1.88. The van der Waals surface area contributed by atoms with Crippen LogP contribution >= 0.6 is 0 Å². The molecule has 0 radical (unpaired) electrons. The van der Waals surface area contributed by atoms with Gasteiger partial charge in [-0.15, -0.1) is 0 Å². The number of hydrogen-bond acceptors (Lipinski definition) is 2. The van der Waals surface area contributed by atoms with Gasteiger partial charge in [-0.1, -0.05) is 12.1 Å². The summed E-state index contributed by atoms with van der Waals surface area (Å²) in [4.78, 5) is 0. The molecule has 0 aromatic heterocycles. The highest BCUT2D eigenvalue weighted by atomic mass is 14.6. The van der Waals surface area contributed by atoms with E-state index in [9.17, 15) is 0 Å². The summed E-state index contributed by atoms with van der Waals surface area (Å²) in [6.45, 7) is 1.95. The summed E-state index contributed by atoms with van der Waals surface area (Å²) in [5, 5.41) is 0. The zero-order valence-electron chi connectivity index (χ0n) is 6.04. The van der Waals surface area contributed by atoms with Gasteiger partial charge >= 0.3 is 0 Å². The van der Waals surface area contributed by atoms with Gasteiger partial charge in [-0.2, -0.15) is 0 Å². The van der Waals surface area contributed by atoms with Crippen LogP contribution in [0.5, 0.6) is 0 Å². The number of anilines is 1. The molecule has 0 aliphatic rings. The Morgan fingerprint density at radius 1 is 1.20 bits per heavy atom. The number of nitrogen functional groups attached to an aromatic ring is 1. The SMILES string of the molecule is C[C@H](N)c1ccc(N)cc1. The van der Waals surface area contributed by atoms with Gasteiger partial charge in [-0.25, -0.2) is 0 Å². The molecule has 0 bridgehead atoms. The first-order valence-electron chi connectivity index (χ1n) is 3.31. The molecule has 10 heavy (non-hydrogen) atoms. The molecule has 0 fully saturated rings. The number of nitrogens with two attached hydrogens (primary N) is 2. The first-order valence-corrected chi connectivity index (χ1v) is 3.31. The van der Waals surface area contributed by atoms with Gasteiger partial charge in [0.05, 0.1) is 0 Å². The molecule has 1 aromatic carbocycles.